The van der Waals surface area contributed by atoms with Crippen LogP contribution in [0.3, 0.4) is 0 Å². The van der Waals surface area contributed by atoms with Gasteiger partial charge in [0.05, 0.1) is 19.6 Å². The van der Waals surface area contributed by atoms with E-state index in [0.717, 1.165) is 24.2 Å². The molecule has 1 aromatic carbocycles. The molecule has 162 valence electrons. The number of nitrogens with zero attached hydrogens (tertiary/aromatic N) is 1. The van der Waals surface area contributed by atoms with Crippen LogP contribution < -0.4 is 10.6 Å². The molecule has 0 radical (unpaired) electrons. The third-order valence-corrected chi connectivity index (χ3v) is 6.26. The van der Waals surface area contributed by atoms with Gasteiger partial charge in [0.15, 0.2) is 0 Å². The van der Waals surface area contributed by atoms with Crippen LogP contribution in [0.1, 0.15) is 50.6 Å². The molecule has 4 amide bonds. The lowest BCUT2D eigenvalue weighted by molar-refractivity contribution is -0.142. The van der Waals surface area contributed by atoms with Gasteiger partial charge in [0, 0.05) is 5.02 Å². The maximum atomic E-state index is 13.0. The molecule has 1 heterocycles. The fourth-order valence-corrected chi connectivity index (χ4v) is 4.35. The fraction of sp³-hybridized carbons (Fsp3) is 0.524. The predicted molar refractivity (Wildman–Crippen MR) is 110 cm³/mol. The molecule has 1 saturated carbocycles. The molecule has 8 nitrogen and oxygen atoms in total. The van der Waals surface area contributed by atoms with E-state index in [-0.39, 0.29) is 18.2 Å². The number of hydrogen-bond acceptors (Lipinski definition) is 5. The van der Waals surface area contributed by atoms with Gasteiger partial charge < -0.3 is 15.4 Å². The summed E-state index contributed by atoms with van der Waals surface area (Å²) in [6.07, 6.45) is 3.21. The summed E-state index contributed by atoms with van der Waals surface area (Å²) in [5, 5.41) is 6.08. The van der Waals surface area contributed by atoms with Crippen LogP contribution in [0.5, 0.6) is 0 Å². The van der Waals surface area contributed by atoms with Crippen LogP contribution in [0.25, 0.3) is 0 Å². The molecule has 0 unspecified atom stereocenters. The van der Waals surface area contributed by atoms with E-state index in [4.69, 9.17) is 16.3 Å². The zero-order chi connectivity index (χ0) is 21.9. The number of amides is 4. The summed E-state index contributed by atoms with van der Waals surface area (Å²) in [6.45, 7) is 1.54. The Hall–Kier alpha value is -2.61. The number of carbonyl (C=O) groups is 4. The first-order valence-corrected chi connectivity index (χ1v) is 10.4. The van der Waals surface area contributed by atoms with Crippen molar-refractivity contribution in [1.29, 1.82) is 0 Å². The predicted octanol–water partition coefficient (Wildman–Crippen LogP) is 2.56. The number of urea groups is 1. The molecule has 30 heavy (non-hydrogen) atoms. The smallest absolute Gasteiger partial charge is 0.325 e. The number of esters is 1. The van der Waals surface area contributed by atoms with Crippen LogP contribution in [0.2, 0.25) is 5.02 Å². The molecule has 2 aliphatic rings. The molecule has 1 saturated heterocycles. The third-order valence-electron chi connectivity index (χ3n) is 6.01. The average Bonchev–Trinajstić information content (AvgIpc) is 2.95. The number of nitrogens with one attached hydrogen (secondary N) is 2. The van der Waals surface area contributed by atoms with Gasteiger partial charge >= 0.3 is 12.0 Å². The summed E-state index contributed by atoms with van der Waals surface area (Å²) in [5.41, 5.74) is -0.260. The first-order chi connectivity index (χ1) is 14.3. The summed E-state index contributed by atoms with van der Waals surface area (Å²) in [4.78, 5) is 51.0. The van der Waals surface area contributed by atoms with Gasteiger partial charge in [0.2, 0.25) is 5.91 Å². The van der Waals surface area contributed by atoms with Crippen molar-refractivity contribution in [3.05, 3.63) is 34.9 Å². The fourth-order valence-electron chi connectivity index (χ4n) is 4.22. The first-order valence-electron chi connectivity index (χ1n) is 10.0. The lowest BCUT2D eigenvalue weighted by Gasteiger charge is -2.36. The highest BCUT2D eigenvalue weighted by atomic mass is 35.5. The van der Waals surface area contributed by atoms with Crippen LogP contribution in [0.15, 0.2) is 24.3 Å². The second-order valence-corrected chi connectivity index (χ2v) is 8.33. The van der Waals surface area contributed by atoms with E-state index in [2.05, 4.69) is 10.6 Å². The minimum Gasteiger partial charge on any atom is -0.469 e. The molecule has 9 heteroatoms. The van der Waals surface area contributed by atoms with Gasteiger partial charge in [-0.15, -0.1) is 0 Å². The van der Waals surface area contributed by atoms with Crippen molar-refractivity contribution in [2.75, 3.05) is 13.7 Å². The van der Waals surface area contributed by atoms with Gasteiger partial charge in [-0.25, -0.2) is 4.79 Å². The Kier molecular flexibility index (Phi) is 6.65. The minimum atomic E-state index is -0.919. The number of benzene rings is 1. The molecule has 3 atom stereocenters. The number of halogens is 1. The second-order valence-electron chi connectivity index (χ2n) is 7.89. The normalized spacial score (nSPS) is 24.5. The van der Waals surface area contributed by atoms with Crippen molar-refractivity contribution in [3.63, 3.8) is 0 Å². The van der Waals surface area contributed by atoms with Crippen LogP contribution in [0, 0.1) is 5.92 Å². The van der Waals surface area contributed by atoms with Gasteiger partial charge in [-0.05, 0) is 36.5 Å². The van der Waals surface area contributed by atoms with E-state index in [1.54, 1.807) is 24.3 Å². The minimum absolute atomic E-state index is 0.0110. The van der Waals surface area contributed by atoms with E-state index >= 15 is 0 Å². The summed E-state index contributed by atoms with van der Waals surface area (Å²) in [5.74, 6) is -1.38. The highest BCUT2D eigenvalue weighted by molar-refractivity contribution is 6.30. The van der Waals surface area contributed by atoms with E-state index < -0.39 is 36.0 Å². The number of rotatable bonds is 6. The third kappa shape index (κ3) is 4.43. The highest BCUT2D eigenvalue weighted by Gasteiger charge is 2.55. The molecule has 2 N–H and O–H groups in total. The number of imide groups is 1. The first kappa shape index (κ1) is 22.1. The lowest BCUT2D eigenvalue weighted by atomic mass is 9.73. The van der Waals surface area contributed by atoms with Crippen molar-refractivity contribution >= 4 is 35.4 Å². The average molecular weight is 436 g/mol. The molecule has 0 aromatic heterocycles. The Morgan fingerprint density at radius 3 is 2.63 bits per heavy atom. The Morgan fingerprint density at radius 2 is 2.00 bits per heavy atom. The van der Waals surface area contributed by atoms with Crippen molar-refractivity contribution in [2.45, 2.75) is 50.6 Å². The van der Waals surface area contributed by atoms with Crippen molar-refractivity contribution in [2.24, 2.45) is 5.92 Å². The Labute approximate surface area is 180 Å². The molecular weight excluding hydrogens is 410 g/mol. The zero-order valence-corrected chi connectivity index (χ0v) is 17.8. The number of methoxy groups -OCH3 is 1. The van der Waals surface area contributed by atoms with E-state index in [9.17, 15) is 19.2 Å². The van der Waals surface area contributed by atoms with E-state index in [0.29, 0.717) is 17.0 Å². The molecule has 2 fully saturated rings. The van der Waals surface area contributed by atoms with Gasteiger partial charge in [-0.1, -0.05) is 43.5 Å². The largest absolute Gasteiger partial charge is 0.469 e. The Balaban J connectivity index is 1.71. The summed E-state index contributed by atoms with van der Waals surface area (Å²) < 4.78 is 4.72. The lowest BCUT2D eigenvalue weighted by Crippen LogP contribution is -2.54. The van der Waals surface area contributed by atoms with Crippen LogP contribution in [-0.2, 0) is 19.1 Å². The second kappa shape index (κ2) is 9.04. The number of carbonyl (C=O) groups excluding carboxylic acids is 4. The molecule has 1 spiro atoms. The summed E-state index contributed by atoms with van der Waals surface area (Å²) >= 11 is 5.92. The van der Waals surface area contributed by atoms with Crippen LogP contribution >= 0.6 is 11.6 Å². The van der Waals surface area contributed by atoms with Crippen LogP contribution in [0.4, 0.5) is 4.79 Å². The maximum absolute atomic E-state index is 13.0. The van der Waals surface area contributed by atoms with Crippen LogP contribution in [-0.4, -0.2) is 47.9 Å². The summed E-state index contributed by atoms with van der Waals surface area (Å²) in [6, 6.07) is 5.47. The Morgan fingerprint density at radius 1 is 1.30 bits per heavy atom. The molecular formula is C21H26ClN3O5. The van der Waals surface area contributed by atoms with Crippen molar-refractivity contribution in [3.8, 4) is 0 Å². The summed E-state index contributed by atoms with van der Waals surface area (Å²) in [7, 11) is 1.26. The molecule has 0 bridgehead atoms. The van der Waals surface area contributed by atoms with E-state index in [1.165, 1.54) is 7.11 Å². The molecule has 1 aromatic rings. The quantitative estimate of drug-likeness (QED) is 0.527. The monoisotopic (exact) mass is 435 g/mol. The molecule has 3 rings (SSSR count). The SMILES string of the molecule is COC(=O)C[C@H](NC(=O)CN1C(=O)N[C@]2(CCCC[C@H]2C)C1=O)c1ccc(Cl)cc1. The molecule has 1 aliphatic heterocycles. The van der Waals surface area contributed by atoms with Gasteiger partial charge in [0.25, 0.3) is 5.91 Å². The maximum Gasteiger partial charge on any atom is 0.325 e. The van der Waals surface area contributed by atoms with Crippen molar-refractivity contribution < 1.29 is 23.9 Å². The van der Waals surface area contributed by atoms with Gasteiger partial charge in [-0.3, -0.25) is 19.3 Å². The highest BCUT2D eigenvalue weighted by Crippen LogP contribution is 2.38. The van der Waals surface area contributed by atoms with Gasteiger partial charge in [-0.2, -0.15) is 0 Å². The standard InChI is InChI=1S/C21H26ClN3O5/c1-13-5-3-4-10-21(13)19(28)25(20(29)24-21)12-17(26)23-16(11-18(27)30-2)14-6-8-15(22)9-7-14/h6-9,13,16H,3-5,10-12H2,1-2H3,(H,23,26)(H,24,29)/t13-,16+,21+/m1/s1. The zero-order valence-electron chi connectivity index (χ0n) is 17.1. The van der Waals surface area contributed by atoms with E-state index in [1.807, 2.05) is 6.92 Å². The Bertz CT molecular complexity index is 844. The number of ether oxygens (including phenoxy) is 1. The topological polar surface area (TPSA) is 105 Å². The number of hydrogen-bond donors (Lipinski definition) is 2. The molecule has 1 aliphatic carbocycles. The van der Waals surface area contributed by atoms with Gasteiger partial charge in [0.1, 0.15) is 12.1 Å². The van der Waals surface area contributed by atoms with Crippen molar-refractivity contribution in [1.82, 2.24) is 15.5 Å².